The summed E-state index contributed by atoms with van der Waals surface area (Å²) < 4.78 is 14.7. The molecule has 2 aromatic heterocycles. The first-order chi connectivity index (χ1) is 11.7. The van der Waals surface area contributed by atoms with E-state index in [1.54, 1.807) is 4.68 Å². The molecule has 1 aliphatic carbocycles. The molecule has 0 aliphatic heterocycles. The lowest BCUT2D eigenvalue weighted by Crippen LogP contribution is -2.22. The number of allylic oxidation sites excluding steroid dienone is 1. The van der Waals surface area contributed by atoms with Crippen LogP contribution in [0.25, 0.3) is 16.7 Å². The summed E-state index contributed by atoms with van der Waals surface area (Å²) in [4.78, 5) is 8.50. The maximum Gasteiger partial charge on any atom is 0.183 e. The monoisotopic (exact) mass is 324 g/mol. The van der Waals surface area contributed by atoms with Crippen LogP contribution in [0.1, 0.15) is 24.8 Å². The third-order valence-corrected chi connectivity index (χ3v) is 4.36. The molecule has 1 atom stereocenters. The highest BCUT2D eigenvalue weighted by Crippen LogP contribution is 2.29. The van der Waals surface area contributed by atoms with E-state index in [9.17, 15) is 4.39 Å². The summed E-state index contributed by atoms with van der Waals surface area (Å²) in [5, 5.41) is 11.6. The number of hydrogen-bond acceptors (Lipinski definition) is 5. The van der Waals surface area contributed by atoms with Gasteiger partial charge in [-0.3, -0.25) is 0 Å². The van der Waals surface area contributed by atoms with E-state index in [0.717, 1.165) is 30.6 Å². The van der Waals surface area contributed by atoms with Crippen molar-refractivity contribution < 1.29 is 4.39 Å². The Morgan fingerprint density at radius 1 is 1.21 bits per heavy atom. The first-order valence-electron chi connectivity index (χ1n) is 7.92. The molecule has 1 unspecified atom stereocenters. The normalized spacial score (nSPS) is 17.8. The number of anilines is 1. The number of nitrogens with one attached hydrogen (secondary N) is 1. The number of aryl methyl sites for hydroxylation is 1. The minimum atomic E-state index is -0.202. The number of rotatable bonds is 3. The Morgan fingerprint density at radius 3 is 2.79 bits per heavy atom. The fourth-order valence-electron chi connectivity index (χ4n) is 3.04. The smallest absolute Gasteiger partial charge is 0.183 e. The lowest BCUT2D eigenvalue weighted by molar-refractivity contribution is 0.627. The van der Waals surface area contributed by atoms with Crippen molar-refractivity contribution in [2.75, 3.05) is 5.32 Å². The second kappa shape index (κ2) is 5.99. The summed E-state index contributed by atoms with van der Waals surface area (Å²) in [6, 6.07) is 6.97. The van der Waals surface area contributed by atoms with E-state index in [2.05, 4.69) is 31.7 Å². The Balaban J connectivity index is 1.50. The Labute approximate surface area is 138 Å². The van der Waals surface area contributed by atoms with Gasteiger partial charge in [0.2, 0.25) is 0 Å². The molecule has 0 spiro atoms. The molecular formula is C17H17FN6. The first-order valence-corrected chi connectivity index (χ1v) is 7.92. The second-order valence-corrected chi connectivity index (χ2v) is 5.96. The van der Waals surface area contributed by atoms with Crippen molar-refractivity contribution >= 4 is 22.6 Å². The van der Waals surface area contributed by atoms with Gasteiger partial charge in [0.1, 0.15) is 12.1 Å². The SMILES string of the molecule is Cn1nnc2c(NC3CC=C(c4ccc(F)cc4)CC3)ncnc21. The topological polar surface area (TPSA) is 68.5 Å². The summed E-state index contributed by atoms with van der Waals surface area (Å²) in [7, 11) is 1.81. The Morgan fingerprint density at radius 2 is 2.04 bits per heavy atom. The molecule has 0 bridgehead atoms. The molecule has 1 aromatic carbocycles. The third kappa shape index (κ3) is 2.73. The summed E-state index contributed by atoms with van der Waals surface area (Å²) in [6.07, 6.45) is 6.55. The molecule has 24 heavy (non-hydrogen) atoms. The molecule has 0 fully saturated rings. The first kappa shape index (κ1) is 14.7. The fraction of sp³-hybridized carbons (Fsp3) is 0.294. The van der Waals surface area contributed by atoms with Crippen LogP contribution < -0.4 is 5.32 Å². The van der Waals surface area contributed by atoms with E-state index in [1.165, 1.54) is 24.0 Å². The van der Waals surface area contributed by atoms with Crippen LogP contribution in [-0.2, 0) is 7.05 Å². The second-order valence-electron chi connectivity index (χ2n) is 5.96. The highest BCUT2D eigenvalue weighted by atomic mass is 19.1. The van der Waals surface area contributed by atoms with E-state index < -0.39 is 0 Å². The average Bonchev–Trinajstić information content (AvgIpc) is 2.99. The van der Waals surface area contributed by atoms with Crippen molar-refractivity contribution in [2.45, 2.75) is 25.3 Å². The van der Waals surface area contributed by atoms with Crippen LogP contribution in [0.5, 0.6) is 0 Å². The minimum Gasteiger partial charge on any atom is -0.365 e. The van der Waals surface area contributed by atoms with Crippen molar-refractivity contribution in [1.82, 2.24) is 25.0 Å². The quantitative estimate of drug-likeness (QED) is 0.802. The zero-order valence-electron chi connectivity index (χ0n) is 13.3. The number of hydrogen-bond donors (Lipinski definition) is 1. The molecule has 7 heteroatoms. The van der Waals surface area contributed by atoms with E-state index in [0.29, 0.717) is 11.2 Å². The van der Waals surface area contributed by atoms with E-state index in [-0.39, 0.29) is 11.9 Å². The summed E-state index contributed by atoms with van der Waals surface area (Å²) in [5.41, 5.74) is 3.76. The molecule has 2 heterocycles. The lowest BCUT2D eigenvalue weighted by atomic mass is 9.91. The molecule has 6 nitrogen and oxygen atoms in total. The predicted octanol–water partition coefficient (Wildman–Crippen LogP) is 2.95. The standard InChI is InChI=1S/C17H17FN6/c1-24-17-15(22-23-24)16(19-10-20-17)21-14-8-4-12(5-9-14)11-2-6-13(18)7-3-11/h2-4,6-7,10,14H,5,8-9H2,1H3,(H,19,20,21). The van der Waals surface area contributed by atoms with Gasteiger partial charge in [0.25, 0.3) is 0 Å². The molecule has 1 N–H and O–H groups in total. The van der Waals surface area contributed by atoms with Crippen molar-refractivity contribution in [1.29, 1.82) is 0 Å². The zero-order valence-corrected chi connectivity index (χ0v) is 13.3. The van der Waals surface area contributed by atoms with Gasteiger partial charge in [0.15, 0.2) is 17.0 Å². The van der Waals surface area contributed by atoms with Gasteiger partial charge >= 0.3 is 0 Å². The van der Waals surface area contributed by atoms with Gasteiger partial charge in [-0.1, -0.05) is 23.4 Å². The van der Waals surface area contributed by atoms with Crippen molar-refractivity contribution in [3.8, 4) is 0 Å². The number of fused-ring (bicyclic) bond motifs is 1. The van der Waals surface area contributed by atoms with Crippen LogP contribution in [0.4, 0.5) is 10.2 Å². The Hall–Kier alpha value is -2.83. The molecule has 0 amide bonds. The molecule has 0 radical (unpaired) electrons. The predicted molar refractivity (Wildman–Crippen MR) is 89.7 cm³/mol. The molecule has 0 saturated heterocycles. The van der Waals surface area contributed by atoms with Crippen LogP contribution in [0, 0.1) is 5.82 Å². The van der Waals surface area contributed by atoms with Crippen molar-refractivity contribution in [3.05, 3.63) is 48.0 Å². The van der Waals surface area contributed by atoms with Gasteiger partial charge in [-0.15, -0.1) is 5.10 Å². The lowest BCUT2D eigenvalue weighted by Gasteiger charge is -2.23. The van der Waals surface area contributed by atoms with Gasteiger partial charge in [-0.25, -0.2) is 19.0 Å². The van der Waals surface area contributed by atoms with E-state index in [4.69, 9.17) is 0 Å². The molecule has 1 aliphatic rings. The Kier molecular flexibility index (Phi) is 3.68. The van der Waals surface area contributed by atoms with Crippen LogP contribution in [0.3, 0.4) is 0 Å². The van der Waals surface area contributed by atoms with Gasteiger partial charge in [-0.2, -0.15) is 0 Å². The zero-order chi connectivity index (χ0) is 16.5. The highest BCUT2D eigenvalue weighted by Gasteiger charge is 2.18. The van der Waals surface area contributed by atoms with Crippen LogP contribution in [-0.4, -0.2) is 31.0 Å². The summed E-state index contributed by atoms with van der Waals surface area (Å²) in [6.45, 7) is 0. The largest absolute Gasteiger partial charge is 0.365 e. The highest BCUT2D eigenvalue weighted by molar-refractivity contribution is 5.82. The number of halogens is 1. The van der Waals surface area contributed by atoms with Gasteiger partial charge in [0.05, 0.1) is 0 Å². The minimum absolute atomic E-state index is 0.202. The van der Waals surface area contributed by atoms with Crippen molar-refractivity contribution in [2.24, 2.45) is 7.05 Å². The van der Waals surface area contributed by atoms with Gasteiger partial charge < -0.3 is 5.32 Å². The Bertz CT molecular complexity index is 899. The van der Waals surface area contributed by atoms with Gasteiger partial charge in [-0.05, 0) is 42.5 Å². The third-order valence-electron chi connectivity index (χ3n) is 4.36. The molecular weight excluding hydrogens is 307 g/mol. The van der Waals surface area contributed by atoms with E-state index in [1.807, 2.05) is 19.2 Å². The molecule has 4 rings (SSSR count). The van der Waals surface area contributed by atoms with E-state index >= 15 is 0 Å². The maximum atomic E-state index is 13.0. The van der Waals surface area contributed by atoms with Crippen LogP contribution >= 0.6 is 0 Å². The molecule has 0 saturated carbocycles. The number of aromatic nitrogens is 5. The molecule has 3 aromatic rings. The maximum absolute atomic E-state index is 13.0. The van der Waals surface area contributed by atoms with Crippen LogP contribution in [0.15, 0.2) is 36.7 Å². The number of benzene rings is 1. The summed E-state index contributed by atoms with van der Waals surface area (Å²) in [5.74, 6) is 0.517. The van der Waals surface area contributed by atoms with Crippen LogP contribution in [0.2, 0.25) is 0 Å². The molecule has 122 valence electrons. The van der Waals surface area contributed by atoms with Gasteiger partial charge in [0, 0.05) is 13.1 Å². The number of nitrogens with zero attached hydrogens (tertiary/aromatic N) is 5. The summed E-state index contributed by atoms with van der Waals surface area (Å²) >= 11 is 0. The average molecular weight is 324 g/mol. The van der Waals surface area contributed by atoms with Crippen molar-refractivity contribution in [3.63, 3.8) is 0 Å². The fourth-order valence-corrected chi connectivity index (χ4v) is 3.04.